The summed E-state index contributed by atoms with van der Waals surface area (Å²) in [6.45, 7) is 11.2. The van der Waals surface area contributed by atoms with E-state index in [-0.39, 0.29) is 24.0 Å². The van der Waals surface area contributed by atoms with Crippen LogP contribution in [0.1, 0.15) is 53.0 Å². The van der Waals surface area contributed by atoms with E-state index in [9.17, 15) is 9.59 Å². The summed E-state index contributed by atoms with van der Waals surface area (Å²) >= 11 is 0. The number of amides is 2. The van der Waals surface area contributed by atoms with Crippen molar-refractivity contribution in [3.8, 4) is 0 Å². The van der Waals surface area contributed by atoms with E-state index in [2.05, 4.69) is 4.98 Å². The monoisotopic (exact) mass is 361 g/mol. The molecule has 2 heterocycles. The van der Waals surface area contributed by atoms with E-state index in [4.69, 9.17) is 4.74 Å². The van der Waals surface area contributed by atoms with Gasteiger partial charge in [-0.2, -0.15) is 0 Å². The molecule has 1 fully saturated rings. The summed E-state index contributed by atoms with van der Waals surface area (Å²) in [4.78, 5) is 33.1. The number of ether oxygens (including phenoxy) is 1. The number of hydrogen-bond acceptors (Lipinski definition) is 4. The van der Waals surface area contributed by atoms with Crippen molar-refractivity contribution < 1.29 is 14.3 Å². The van der Waals surface area contributed by atoms with E-state index in [0.717, 1.165) is 18.4 Å². The van der Waals surface area contributed by atoms with Crippen LogP contribution in [0.5, 0.6) is 0 Å². The third-order valence-corrected chi connectivity index (χ3v) is 4.40. The number of piperidine rings is 1. The Morgan fingerprint density at radius 2 is 2.12 bits per heavy atom. The van der Waals surface area contributed by atoms with Gasteiger partial charge in [0, 0.05) is 38.1 Å². The Bertz CT molecular complexity index is 610. The van der Waals surface area contributed by atoms with E-state index in [1.165, 1.54) is 0 Å². The van der Waals surface area contributed by atoms with Crippen LogP contribution >= 0.6 is 0 Å². The number of hydrogen-bond donors (Lipinski definition) is 0. The molecule has 1 aliphatic rings. The lowest BCUT2D eigenvalue weighted by Gasteiger charge is -2.37. The fourth-order valence-electron chi connectivity index (χ4n) is 3.11. The smallest absolute Gasteiger partial charge is 0.410 e. The number of pyridine rings is 1. The molecule has 0 radical (unpaired) electrons. The number of rotatable bonds is 4. The number of aromatic nitrogens is 1. The lowest BCUT2D eigenvalue weighted by atomic mass is 9.96. The normalized spacial score (nSPS) is 17.9. The first-order valence-corrected chi connectivity index (χ1v) is 9.34. The fraction of sp³-hybridized carbons (Fsp3) is 0.650. The number of carbonyl (C=O) groups is 2. The molecular weight excluding hydrogens is 330 g/mol. The standard InChI is InChI=1S/C20H31N3O3/c1-15(2)23(13-16-8-6-10-21-12-16)18(24)17-9-7-11-22(14-17)19(25)26-20(3,4)5/h6,8,10,12,15,17H,7,9,11,13-14H2,1-5H3. The van der Waals surface area contributed by atoms with Crippen LogP contribution in [0.25, 0.3) is 0 Å². The minimum absolute atomic E-state index is 0.0830. The third kappa shape index (κ3) is 5.71. The van der Waals surface area contributed by atoms with E-state index in [1.54, 1.807) is 17.3 Å². The molecule has 6 nitrogen and oxygen atoms in total. The van der Waals surface area contributed by atoms with E-state index in [1.807, 2.05) is 51.7 Å². The summed E-state index contributed by atoms with van der Waals surface area (Å²) in [7, 11) is 0. The van der Waals surface area contributed by atoms with Crippen molar-refractivity contribution in [1.82, 2.24) is 14.8 Å². The first-order chi connectivity index (χ1) is 12.2. The molecule has 1 atom stereocenters. The van der Waals surface area contributed by atoms with Crippen molar-refractivity contribution in [1.29, 1.82) is 0 Å². The van der Waals surface area contributed by atoms with Gasteiger partial charge in [0.2, 0.25) is 5.91 Å². The molecule has 1 aromatic heterocycles. The second-order valence-corrected chi connectivity index (χ2v) is 8.19. The SMILES string of the molecule is CC(C)N(Cc1cccnc1)C(=O)C1CCCN(C(=O)OC(C)(C)C)C1. The zero-order valence-electron chi connectivity index (χ0n) is 16.6. The van der Waals surface area contributed by atoms with Gasteiger partial charge >= 0.3 is 6.09 Å². The predicted octanol–water partition coefficient (Wildman–Crippen LogP) is 3.47. The summed E-state index contributed by atoms with van der Waals surface area (Å²) in [5.41, 5.74) is 0.479. The molecule has 1 aliphatic heterocycles. The summed E-state index contributed by atoms with van der Waals surface area (Å²) < 4.78 is 5.46. The van der Waals surface area contributed by atoms with Gasteiger partial charge in [0.15, 0.2) is 0 Å². The van der Waals surface area contributed by atoms with E-state index in [0.29, 0.717) is 19.6 Å². The van der Waals surface area contributed by atoms with Crippen molar-refractivity contribution in [3.63, 3.8) is 0 Å². The molecule has 2 amide bonds. The number of nitrogens with zero attached hydrogens (tertiary/aromatic N) is 3. The van der Waals surface area contributed by atoms with Crippen LogP contribution in [0, 0.1) is 5.92 Å². The molecule has 1 unspecified atom stereocenters. The van der Waals surface area contributed by atoms with Crippen molar-refractivity contribution in [3.05, 3.63) is 30.1 Å². The Kier molecular flexibility index (Phi) is 6.62. The van der Waals surface area contributed by atoms with Crippen LogP contribution < -0.4 is 0 Å². The molecule has 0 bridgehead atoms. The average Bonchev–Trinajstić information content (AvgIpc) is 2.58. The molecule has 1 aromatic rings. The van der Waals surface area contributed by atoms with Gasteiger partial charge in [-0.25, -0.2) is 4.79 Å². The van der Waals surface area contributed by atoms with Gasteiger partial charge in [-0.3, -0.25) is 9.78 Å². The number of likely N-dealkylation sites (tertiary alicyclic amines) is 1. The second kappa shape index (κ2) is 8.52. The molecule has 26 heavy (non-hydrogen) atoms. The Morgan fingerprint density at radius 3 is 2.69 bits per heavy atom. The van der Waals surface area contributed by atoms with Crippen molar-refractivity contribution >= 4 is 12.0 Å². The molecule has 0 aromatic carbocycles. The van der Waals surface area contributed by atoms with Gasteiger partial charge in [-0.1, -0.05) is 6.07 Å². The highest BCUT2D eigenvalue weighted by Crippen LogP contribution is 2.23. The van der Waals surface area contributed by atoms with Gasteiger partial charge in [0.05, 0.1) is 5.92 Å². The molecule has 0 N–H and O–H groups in total. The van der Waals surface area contributed by atoms with Crippen molar-refractivity contribution in [2.75, 3.05) is 13.1 Å². The van der Waals surface area contributed by atoms with E-state index < -0.39 is 5.60 Å². The molecule has 0 saturated carbocycles. The summed E-state index contributed by atoms with van der Waals surface area (Å²) in [5.74, 6) is -0.0903. The highest BCUT2D eigenvalue weighted by atomic mass is 16.6. The first kappa shape index (κ1) is 20.2. The van der Waals surface area contributed by atoms with Crippen LogP contribution in [0.4, 0.5) is 4.79 Å². The average molecular weight is 361 g/mol. The minimum Gasteiger partial charge on any atom is -0.444 e. The van der Waals surface area contributed by atoms with Crippen LogP contribution in [-0.4, -0.2) is 51.5 Å². The summed E-state index contributed by atoms with van der Waals surface area (Å²) in [6.07, 6.45) is 4.79. The Hall–Kier alpha value is -2.11. The maximum Gasteiger partial charge on any atom is 0.410 e. The zero-order chi connectivity index (χ0) is 19.3. The molecule has 6 heteroatoms. The summed E-state index contributed by atoms with van der Waals surface area (Å²) in [5, 5.41) is 0. The maximum atomic E-state index is 13.1. The second-order valence-electron chi connectivity index (χ2n) is 8.19. The first-order valence-electron chi connectivity index (χ1n) is 9.34. The van der Waals surface area contributed by atoms with Crippen LogP contribution in [-0.2, 0) is 16.1 Å². The quantitative estimate of drug-likeness (QED) is 0.824. The molecule has 1 saturated heterocycles. The Labute approximate surface area is 156 Å². The Balaban J connectivity index is 2.04. The molecular formula is C20H31N3O3. The van der Waals surface area contributed by atoms with Crippen LogP contribution in [0.3, 0.4) is 0 Å². The molecule has 144 valence electrons. The number of carbonyl (C=O) groups excluding carboxylic acids is 2. The molecule has 2 rings (SSSR count). The van der Waals surface area contributed by atoms with Gasteiger partial charge < -0.3 is 14.5 Å². The topological polar surface area (TPSA) is 62.7 Å². The van der Waals surface area contributed by atoms with Gasteiger partial charge in [-0.05, 0) is 59.1 Å². The van der Waals surface area contributed by atoms with Gasteiger partial charge in [0.25, 0.3) is 0 Å². The fourth-order valence-corrected chi connectivity index (χ4v) is 3.11. The zero-order valence-corrected chi connectivity index (χ0v) is 16.6. The van der Waals surface area contributed by atoms with Gasteiger partial charge in [-0.15, -0.1) is 0 Å². The highest BCUT2D eigenvalue weighted by molar-refractivity contribution is 5.80. The lowest BCUT2D eigenvalue weighted by molar-refractivity contribution is -0.139. The van der Waals surface area contributed by atoms with Gasteiger partial charge in [0.1, 0.15) is 5.60 Å². The molecule has 0 spiro atoms. The van der Waals surface area contributed by atoms with E-state index >= 15 is 0 Å². The highest BCUT2D eigenvalue weighted by Gasteiger charge is 2.33. The largest absolute Gasteiger partial charge is 0.444 e. The maximum absolute atomic E-state index is 13.1. The minimum atomic E-state index is -0.529. The van der Waals surface area contributed by atoms with Crippen LogP contribution in [0.2, 0.25) is 0 Å². The predicted molar refractivity (Wildman–Crippen MR) is 100 cm³/mol. The van der Waals surface area contributed by atoms with Crippen LogP contribution in [0.15, 0.2) is 24.5 Å². The molecule has 0 aliphatic carbocycles. The van der Waals surface area contributed by atoms with Crippen molar-refractivity contribution in [2.24, 2.45) is 5.92 Å². The lowest BCUT2D eigenvalue weighted by Crippen LogP contribution is -2.49. The third-order valence-electron chi connectivity index (χ3n) is 4.40. The summed E-state index contributed by atoms with van der Waals surface area (Å²) in [6, 6.07) is 3.94. The van der Waals surface area contributed by atoms with Crippen molar-refractivity contribution in [2.45, 2.75) is 65.6 Å². The Morgan fingerprint density at radius 1 is 1.38 bits per heavy atom.